The van der Waals surface area contributed by atoms with Crippen molar-refractivity contribution in [1.82, 2.24) is 5.32 Å². The van der Waals surface area contributed by atoms with Gasteiger partial charge >= 0.3 is 0 Å². The van der Waals surface area contributed by atoms with Crippen LogP contribution in [0.4, 0.5) is 8.78 Å². The lowest BCUT2D eigenvalue weighted by molar-refractivity contribution is 0.125. The van der Waals surface area contributed by atoms with Gasteiger partial charge in [0.2, 0.25) is 0 Å². The van der Waals surface area contributed by atoms with Crippen molar-refractivity contribution in [3.63, 3.8) is 0 Å². The molecule has 0 spiro atoms. The van der Waals surface area contributed by atoms with E-state index in [4.69, 9.17) is 0 Å². The maximum atomic E-state index is 13.1. The molecule has 0 aliphatic heterocycles. The largest absolute Gasteiger partial charge is 0.396 e. The normalized spacial score (nSPS) is 24.0. The summed E-state index contributed by atoms with van der Waals surface area (Å²) in [7, 11) is 0. The van der Waals surface area contributed by atoms with Crippen LogP contribution in [0.3, 0.4) is 0 Å². The molecule has 0 radical (unpaired) electrons. The topological polar surface area (TPSA) is 52.5 Å². The second-order valence-electron chi connectivity index (χ2n) is 5.83. The molecule has 0 heterocycles. The third-order valence-electron chi connectivity index (χ3n) is 4.37. The minimum absolute atomic E-state index is 0.206. The zero-order valence-corrected chi connectivity index (χ0v) is 12.1. The highest BCUT2D eigenvalue weighted by molar-refractivity contribution is 5.20. The highest BCUT2D eigenvalue weighted by Crippen LogP contribution is 2.29. The summed E-state index contributed by atoms with van der Waals surface area (Å²) < 4.78 is 26.0. The zero-order valence-electron chi connectivity index (χ0n) is 12.1. The minimum Gasteiger partial charge on any atom is -0.396 e. The van der Waals surface area contributed by atoms with E-state index >= 15 is 0 Å². The minimum atomic E-state index is -0.945. The predicted molar refractivity (Wildman–Crippen MR) is 76.7 cm³/mol. The monoisotopic (exact) mass is 299 g/mol. The van der Waals surface area contributed by atoms with E-state index in [1.165, 1.54) is 18.9 Å². The SMILES string of the molecule is OCC1CCCCC1CNCC(O)c1ccc(F)c(F)c1. The van der Waals surface area contributed by atoms with Crippen molar-refractivity contribution in [1.29, 1.82) is 0 Å². The van der Waals surface area contributed by atoms with Crippen LogP contribution in [0.2, 0.25) is 0 Å². The van der Waals surface area contributed by atoms with Gasteiger partial charge in [-0.1, -0.05) is 18.9 Å². The van der Waals surface area contributed by atoms with Crippen molar-refractivity contribution in [2.24, 2.45) is 11.8 Å². The molecule has 1 aromatic carbocycles. The lowest BCUT2D eigenvalue weighted by atomic mass is 9.79. The molecule has 0 saturated heterocycles. The Hall–Kier alpha value is -1.04. The summed E-state index contributed by atoms with van der Waals surface area (Å²) in [5.41, 5.74) is 0.365. The summed E-state index contributed by atoms with van der Waals surface area (Å²) in [5, 5.41) is 22.5. The molecule has 1 aliphatic rings. The Bertz CT molecular complexity index is 456. The molecule has 1 aromatic rings. The maximum absolute atomic E-state index is 13.1. The second-order valence-corrected chi connectivity index (χ2v) is 5.83. The van der Waals surface area contributed by atoms with Crippen LogP contribution < -0.4 is 5.32 Å². The van der Waals surface area contributed by atoms with Gasteiger partial charge in [0.1, 0.15) is 0 Å². The first kappa shape index (κ1) is 16.3. The molecule has 1 aliphatic carbocycles. The molecule has 5 heteroatoms. The highest BCUT2D eigenvalue weighted by atomic mass is 19.2. The van der Waals surface area contributed by atoms with Gasteiger partial charge < -0.3 is 15.5 Å². The molecule has 1 saturated carbocycles. The Morgan fingerprint density at radius 1 is 1.14 bits per heavy atom. The molecule has 0 bridgehead atoms. The van der Waals surface area contributed by atoms with E-state index in [-0.39, 0.29) is 6.61 Å². The van der Waals surface area contributed by atoms with Gasteiger partial charge in [-0.15, -0.1) is 0 Å². The first-order valence-corrected chi connectivity index (χ1v) is 7.56. The van der Waals surface area contributed by atoms with Crippen LogP contribution in [-0.2, 0) is 0 Å². The van der Waals surface area contributed by atoms with Gasteiger partial charge in [0.25, 0.3) is 0 Å². The zero-order chi connectivity index (χ0) is 15.2. The van der Waals surface area contributed by atoms with Crippen LogP contribution >= 0.6 is 0 Å². The van der Waals surface area contributed by atoms with Gasteiger partial charge in [0, 0.05) is 13.2 Å². The number of rotatable bonds is 6. The number of nitrogens with one attached hydrogen (secondary N) is 1. The molecule has 3 N–H and O–H groups in total. The number of aliphatic hydroxyl groups is 2. The summed E-state index contributed by atoms with van der Waals surface area (Å²) in [6.07, 6.45) is 3.61. The predicted octanol–water partition coefficient (Wildman–Crippen LogP) is 2.39. The van der Waals surface area contributed by atoms with Gasteiger partial charge in [-0.3, -0.25) is 0 Å². The van der Waals surface area contributed by atoms with E-state index in [1.54, 1.807) is 0 Å². The summed E-state index contributed by atoms with van der Waals surface area (Å²) >= 11 is 0. The molecule has 1 fully saturated rings. The van der Waals surface area contributed by atoms with Crippen molar-refractivity contribution >= 4 is 0 Å². The van der Waals surface area contributed by atoms with Crippen molar-refractivity contribution in [2.45, 2.75) is 31.8 Å². The molecule has 3 atom stereocenters. The molecule has 21 heavy (non-hydrogen) atoms. The number of hydrogen-bond donors (Lipinski definition) is 3. The fraction of sp³-hybridized carbons (Fsp3) is 0.625. The van der Waals surface area contributed by atoms with Gasteiger partial charge in [-0.2, -0.15) is 0 Å². The lowest BCUT2D eigenvalue weighted by Crippen LogP contribution is -2.34. The maximum Gasteiger partial charge on any atom is 0.159 e. The number of aliphatic hydroxyl groups excluding tert-OH is 2. The molecule has 3 unspecified atom stereocenters. The molecular formula is C16H23F2NO2. The van der Waals surface area contributed by atoms with Crippen LogP contribution in [0, 0.1) is 23.5 Å². The van der Waals surface area contributed by atoms with E-state index in [1.807, 2.05) is 0 Å². The van der Waals surface area contributed by atoms with E-state index in [9.17, 15) is 19.0 Å². The Morgan fingerprint density at radius 2 is 1.86 bits per heavy atom. The average Bonchev–Trinajstić information content (AvgIpc) is 2.50. The van der Waals surface area contributed by atoms with Crippen LogP contribution in [0.25, 0.3) is 0 Å². The van der Waals surface area contributed by atoms with Gasteiger partial charge in [-0.25, -0.2) is 8.78 Å². The first-order valence-electron chi connectivity index (χ1n) is 7.56. The summed E-state index contributed by atoms with van der Waals surface area (Å²) in [5.74, 6) is -1.11. The lowest BCUT2D eigenvalue weighted by Gasteiger charge is -2.30. The third-order valence-corrected chi connectivity index (χ3v) is 4.37. The summed E-state index contributed by atoms with van der Waals surface area (Å²) in [6.45, 7) is 1.23. The number of benzene rings is 1. The van der Waals surface area contributed by atoms with E-state index in [0.717, 1.165) is 31.5 Å². The van der Waals surface area contributed by atoms with Crippen molar-refractivity contribution in [2.75, 3.05) is 19.7 Å². The van der Waals surface area contributed by atoms with Crippen LogP contribution in [0.15, 0.2) is 18.2 Å². The smallest absolute Gasteiger partial charge is 0.159 e. The first-order chi connectivity index (χ1) is 10.1. The quantitative estimate of drug-likeness (QED) is 0.756. The van der Waals surface area contributed by atoms with Crippen LogP contribution in [-0.4, -0.2) is 29.9 Å². The molecule has 0 aromatic heterocycles. The Labute approximate surface area is 124 Å². The summed E-state index contributed by atoms with van der Waals surface area (Å²) in [6, 6.07) is 3.44. The van der Waals surface area contributed by atoms with Crippen molar-refractivity contribution in [3.8, 4) is 0 Å². The standard InChI is InChI=1S/C16H23F2NO2/c17-14-6-5-11(7-15(14)18)16(21)9-19-8-12-3-1-2-4-13(12)10-20/h5-7,12-13,16,19-21H,1-4,8-10H2. The van der Waals surface area contributed by atoms with Gasteiger partial charge in [0.15, 0.2) is 11.6 Å². The Kier molecular flexibility index (Phi) is 6.08. The van der Waals surface area contributed by atoms with Crippen molar-refractivity contribution in [3.05, 3.63) is 35.4 Å². The molecule has 3 nitrogen and oxygen atoms in total. The fourth-order valence-corrected chi connectivity index (χ4v) is 3.04. The van der Waals surface area contributed by atoms with Crippen molar-refractivity contribution < 1.29 is 19.0 Å². The second kappa shape index (κ2) is 7.82. The number of hydrogen-bond acceptors (Lipinski definition) is 3. The molecule has 2 rings (SSSR count). The average molecular weight is 299 g/mol. The number of halogens is 2. The molecule has 118 valence electrons. The molecular weight excluding hydrogens is 276 g/mol. The highest BCUT2D eigenvalue weighted by Gasteiger charge is 2.24. The van der Waals surface area contributed by atoms with E-state index in [2.05, 4.69) is 5.32 Å². The van der Waals surface area contributed by atoms with Crippen LogP contribution in [0.5, 0.6) is 0 Å². The fourth-order valence-electron chi connectivity index (χ4n) is 3.04. The van der Waals surface area contributed by atoms with E-state index < -0.39 is 17.7 Å². The Morgan fingerprint density at radius 3 is 2.52 bits per heavy atom. The van der Waals surface area contributed by atoms with Gasteiger partial charge in [0.05, 0.1) is 6.10 Å². The summed E-state index contributed by atoms with van der Waals surface area (Å²) in [4.78, 5) is 0. The molecule has 0 amide bonds. The Balaban J connectivity index is 1.80. The van der Waals surface area contributed by atoms with Gasteiger partial charge in [-0.05, 0) is 48.9 Å². The third kappa shape index (κ3) is 4.46. The van der Waals surface area contributed by atoms with Crippen LogP contribution in [0.1, 0.15) is 37.4 Å². The van der Waals surface area contributed by atoms with E-state index in [0.29, 0.717) is 23.9 Å².